The van der Waals surface area contributed by atoms with Gasteiger partial charge in [-0.15, -0.1) is 0 Å². The summed E-state index contributed by atoms with van der Waals surface area (Å²) in [4.78, 5) is 30.7. The van der Waals surface area contributed by atoms with Crippen molar-refractivity contribution >= 4 is 22.8 Å². The number of esters is 1. The maximum atomic E-state index is 13.1. The Hall–Kier alpha value is -3.21. The Balaban J connectivity index is 1.92. The van der Waals surface area contributed by atoms with E-state index in [1.54, 1.807) is 11.9 Å². The minimum atomic E-state index is -0.267. The van der Waals surface area contributed by atoms with E-state index in [0.717, 1.165) is 22.2 Å². The van der Waals surface area contributed by atoms with E-state index >= 15 is 0 Å². The summed E-state index contributed by atoms with van der Waals surface area (Å²) in [7, 11) is 3.11. The highest BCUT2D eigenvalue weighted by atomic mass is 16.5. The Bertz CT molecular complexity index is 954. The molecule has 0 saturated heterocycles. The van der Waals surface area contributed by atoms with Gasteiger partial charge in [-0.25, -0.2) is 4.98 Å². The largest absolute Gasteiger partial charge is 0.469 e. The van der Waals surface area contributed by atoms with E-state index in [-0.39, 0.29) is 11.9 Å². The Morgan fingerprint density at radius 2 is 1.74 bits per heavy atom. The quantitative estimate of drug-likeness (QED) is 0.624. The normalized spacial score (nSPS) is 10.6. The van der Waals surface area contributed by atoms with Crippen molar-refractivity contribution in [3.8, 4) is 11.3 Å². The summed E-state index contributed by atoms with van der Waals surface area (Å²) in [5, 5.41) is 0.821. The monoisotopic (exact) mass is 362 g/mol. The Kier molecular flexibility index (Phi) is 5.81. The molecule has 138 valence electrons. The summed E-state index contributed by atoms with van der Waals surface area (Å²) < 4.78 is 4.65. The number of methoxy groups -OCH3 is 1. The number of aromatic nitrogens is 1. The number of ether oxygens (including phenoxy) is 1. The number of rotatable bonds is 6. The maximum Gasteiger partial charge on any atom is 0.305 e. The first-order valence-electron chi connectivity index (χ1n) is 8.87. The fourth-order valence-corrected chi connectivity index (χ4v) is 2.98. The second kappa shape index (κ2) is 8.45. The molecule has 1 heterocycles. The van der Waals surface area contributed by atoms with Gasteiger partial charge in [0.05, 0.1) is 23.9 Å². The molecular formula is C22H22N2O3. The zero-order valence-corrected chi connectivity index (χ0v) is 15.5. The molecule has 5 nitrogen and oxygen atoms in total. The van der Waals surface area contributed by atoms with E-state index in [1.165, 1.54) is 7.11 Å². The summed E-state index contributed by atoms with van der Waals surface area (Å²) in [6.45, 7) is 0.477. The Morgan fingerprint density at radius 1 is 1.04 bits per heavy atom. The van der Waals surface area contributed by atoms with Crippen LogP contribution in [0.5, 0.6) is 0 Å². The highest BCUT2D eigenvalue weighted by Crippen LogP contribution is 2.25. The van der Waals surface area contributed by atoms with Crippen LogP contribution in [-0.4, -0.2) is 42.5 Å². The predicted octanol–water partition coefficient (Wildman–Crippen LogP) is 3.93. The minimum Gasteiger partial charge on any atom is -0.469 e. The lowest BCUT2D eigenvalue weighted by atomic mass is 10.0. The van der Waals surface area contributed by atoms with Crippen LogP contribution in [0.25, 0.3) is 22.2 Å². The van der Waals surface area contributed by atoms with Crippen LogP contribution in [-0.2, 0) is 9.53 Å². The molecule has 0 unspecified atom stereocenters. The van der Waals surface area contributed by atoms with Crippen molar-refractivity contribution in [3.63, 3.8) is 0 Å². The van der Waals surface area contributed by atoms with Crippen molar-refractivity contribution < 1.29 is 14.3 Å². The van der Waals surface area contributed by atoms with Gasteiger partial charge in [-0.3, -0.25) is 9.59 Å². The van der Waals surface area contributed by atoms with Crippen molar-refractivity contribution in [3.05, 3.63) is 66.2 Å². The van der Waals surface area contributed by atoms with E-state index in [2.05, 4.69) is 4.74 Å². The van der Waals surface area contributed by atoms with Gasteiger partial charge in [0, 0.05) is 31.0 Å². The molecule has 0 aliphatic heterocycles. The topological polar surface area (TPSA) is 59.5 Å². The molecule has 0 N–H and O–H groups in total. The highest BCUT2D eigenvalue weighted by molar-refractivity contribution is 6.07. The van der Waals surface area contributed by atoms with Crippen LogP contribution in [0, 0.1) is 0 Å². The van der Waals surface area contributed by atoms with Gasteiger partial charge in [0.15, 0.2) is 0 Å². The van der Waals surface area contributed by atoms with Gasteiger partial charge in [-0.05, 0) is 18.6 Å². The van der Waals surface area contributed by atoms with Crippen molar-refractivity contribution in [2.75, 3.05) is 20.7 Å². The van der Waals surface area contributed by atoms with Crippen LogP contribution in [0.15, 0.2) is 60.7 Å². The van der Waals surface area contributed by atoms with E-state index < -0.39 is 0 Å². The molecular weight excluding hydrogens is 340 g/mol. The van der Waals surface area contributed by atoms with Crippen molar-refractivity contribution in [1.82, 2.24) is 9.88 Å². The van der Waals surface area contributed by atoms with Gasteiger partial charge in [0.2, 0.25) is 0 Å². The summed E-state index contributed by atoms with van der Waals surface area (Å²) in [6, 6.07) is 19.3. The van der Waals surface area contributed by atoms with Gasteiger partial charge >= 0.3 is 5.97 Å². The van der Waals surface area contributed by atoms with Crippen LogP contribution >= 0.6 is 0 Å². The van der Waals surface area contributed by atoms with E-state index in [4.69, 9.17) is 4.98 Å². The minimum absolute atomic E-state index is 0.0874. The van der Waals surface area contributed by atoms with Gasteiger partial charge in [0.25, 0.3) is 5.91 Å². The molecule has 0 fully saturated rings. The number of carbonyl (C=O) groups excluding carboxylic acids is 2. The lowest BCUT2D eigenvalue weighted by Crippen LogP contribution is -2.28. The molecule has 0 bridgehead atoms. The first-order chi connectivity index (χ1) is 13.1. The fourth-order valence-electron chi connectivity index (χ4n) is 2.98. The average molecular weight is 362 g/mol. The predicted molar refractivity (Wildman–Crippen MR) is 105 cm³/mol. The van der Waals surface area contributed by atoms with Crippen molar-refractivity contribution in [1.29, 1.82) is 0 Å². The van der Waals surface area contributed by atoms with Crippen LogP contribution in [0.4, 0.5) is 0 Å². The van der Waals surface area contributed by atoms with E-state index in [9.17, 15) is 9.59 Å². The zero-order chi connectivity index (χ0) is 19.2. The molecule has 1 aromatic heterocycles. The second-order valence-electron chi connectivity index (χ2n) is 6.34. The average Bonchev–Trinajstić information content (AvgIpc) is 2.72. The zero-order valence-electron chi connectivity index (χ0n) is 15.5. The number of amides is 1. The Morgan fingerprint density at radius 3 is 2.48 bits per heavy atom. The van der Waals surface area contributed by atoms with Crippen LogP contribution < -0.4 is 0 Å². The number of fused-ring (bicyclic) bond motifs is 1. The summed E-state index contributed by atoms with van der Waals surface area (Å²) in [5.41, 5.74) is 3.12. The number of nitrogens with zero attached hydrogens (tertiary/aromatic N) is 2. The molecule has 3 aromatic rings. The fraction of sp³-hybridized carbons (Fsp3) is 0.227. The van der Waals surface area contributed by atoms with Crippen molar-refractivity contribution in [2.24, 2.45) is 0 Å². The van der Waals surface area contributed by atoms with Gasteiger partial charge in [0.1, 0.15) is 0 Å². The second-order valence-corrected chi connectivity index (χ2v) is 6.34. The molecule has 3 rings (SSSR count). The first-order valence-corrected chi connectivity index (χ1v) is 8.87. The van der Waals surface area contributed by atoms with Crippen LogP contribution in [0.2, 0.25) is 0 Å². The molecule has 5 heteroatoms. The molecule has 0 aliphatic carbocycles. The highest BCUT2D eigenvalue weighted by Gasteiger charge is 2.17. The van der Waals surface area contributed by atoms with E-state index in [1.807, 2.05) is 60.7 Å². The maximum absolute atomic E-state index is 13.1. The van der Waals surface area contributed by atoms with Gasteiger partial charge < -0.3 is 9.64 Å². The molecule has 27 heavy (non-hydrogen) atoms. The number of para-hydroxylation sites is 1. The Labute approximate surface area is 158 Å². The third-order valence-corrected chi connectivity index (χ3v) is 4.46. The number of pyridine rings is 1. The van der Waals surface area contributed by atoms with E-state index in [0.29, 0.717) is 24.9 Å². The lowest BCUT2D eigenvalue weighted by Gasteiger charge is -2.18. The molecule has 0 spiro atoms. The van der Waals surface area contributed by atoms with Crippen LogP contribution in [0.3, 0.4) is 0 Å². The SMILES string of the molecule is COC(=O)CCCN(C)C(=O)c1cc(-c2ccccc2)nc2ccccc12. The number of hydrogen-bond acceptors (Lipinski definition) is 4. The third kappa shape index (κ3) is 4.31. The van der Waals surface area contributed by atoms with Crippen LogP contribution in [0.1, 0.15) is 23.2 Å². The molecule has 1 amide bonds. The number of carbonyl (C=O) groups is 2. The number of benzene rings is 2. The standard InChI is InChI=1S/C22H22N2O3/c1-24(14-8-13-21(25)27-2)22(26)18-15-20(16-9-4-3-5-10-16)23-19-12-7-6-11-17(18)19/h3-7,9-12,15H,8,13-14H2,1-2H3. The molecule has 0 aliphatic rings. The lowest BCUT2D eigenvalue weighted by molar-refractivity contribution is -0.140. The third-order valence-electron chi connectivity index (χ3n) is 4.46. The van der Waals surface area contributed by atoms with Gasteiger partial charge in [-0.2, -0.15) is 0 Å². The summed E-state index contributed by atoms with van der Waals surface area (Å²) in [5.74, 6) is -0.354. The first kappa shape index (κ1) is 18.6. The molecule has 0 saturated carbocycles. The molecule has 0 atom stereocenters. The smallest absolute Gasteiger partial charge is 0.305 e. The van der Waals surface area contributed by atoms with Crippen molar-refractivity contribution in [2.45, 2.75) is 12.8 Å². The molecule has 2 aromatic carbocycles. The molecule has 0 radical (unpaired) electrons. The number of hydrogen-bond donors (Lipinski definition) is 0. The summed E-state index contributed by atoms with van der Waals surface area (Å²) >= 11 is 0. The van der Waals surface area contributed by atoms with Gasteiger partial charge in [-0.1, -0.05) is 48.5 Å². The summed E-state index contributed by atoms with van der Waals surface area (Å²) in [6.07, 6.45) is 0.851.